The molecule has 10 heteroatoms. The van der Waals surface area contributed by atoms with Crippen LogP contribution in [0.2, 0.25) is 0 Å². The van der Waals surface area contributed by atoms with Crippen LogP contribution in [0.1, 0.15) is 50.2 Å². The number of amides is 4. The van der Waals surface area contributed by atoms with Crippen LogP contribution in [0.3, 0.4) is 0 Å². The Hall–Kier alpha value is -4.05. The maximum absolute atomic E-state index is 14.9. The molecule has 3 fully saturated rings. The van der Waals surface area contributed by atoms with Crippen LogP contribution in [0.5, 0.6) is 0 Å². The monoisotopic (exact) mass is 572 g/mol. The minimum atomic E-state index is -1.52. The van der Waals surface area contributed by atoms with E-state index < -0.39 is 41.8 Å². The molecule has 0 aromatic heterocycles. The van der Waals surface area contributed by atoms with Gasteiger partial charge in [0.1, 0.15) is 12.6 Å². The average Bonchev–Trinajstić information content (AvgIpc) is 3.75. The van der Waals surface area contributed by atoms with Gasteiger partial charge in [-0.05, 0) is 59.8 Å². The number of nitrogens with one attached hydrogen (secondary N) is 3. The van der Waals surface area contributed by atoms with Gasteiger partial charge in [0, 0.05) is 25.9 Å². The Morgan fingerprint density at radius 2 is 1.69 bits per heavy atom. The summed E-state index contributed by atoms with van der Waals surface area (Å²) >= 11 is 0. The zero-order valence-electron chi connectivity index (χ0n) is 23.6. The van der Waals surface area contributed by atoms with Crippen LogP contribution in [0.25, 0.3) is 11.1 Å². The number of ketones is 1. The number of aliphatic hydroxyl groups excluding tert-OH is 1. The lowest BCUT2D eigenvalue weighted by atomic mass is 9.85. The standard InChI is InChI=1S/C32H36N4O6/c1-18(38)35-32(24-11-4-2-8-22(24)23-9-3-5-12-25(23)32)31(42)36-16-20-7-6-10-21(20)28(36)30(41)34-26(27(39)17-37)15-19-13-14-33-29(19)40/h2-5,8-9,11-12,19-21,26,28,37H,6-7,10,13-17H2,1H3,(H,33,40)(H,34,41)(H,35,38)/t19-,20-,21-,26-,28+/m0/s1. The van der Waals surface area contributed by atoms with Crippen LogP contribution in [-0.2, 0) is 29.5 Å². The largest absolute Gasteiger partial charge is 0.389 e. The van der Waals surface area contributed by atoms with Gasteiger partial charge in [0.05, 0.1) is 6.04 Å². The fourth-order valence-corrected chi connectivity index (χ4v) is 7.78. The third kappa shape index (κ3) is 4.48. The van der Waals surface area contributed by atoms with Crippen LogP contribution in [-0.4, -0.2) is 71.2 Å². The molecule has 2 aliphatic heterocycles. The summed E-state index contributed by atoms with van der Waals surface area (Å²) in [5.41, 5.74) is 1.49. The van der Waals surface area contributed by atoms with Gasteiger partial charge in [-0.15, -0.1) is 0 Å². The zero-order chi connectivity index (χ0) is 29.6. The van der Waals surface area contributed by atoms with E-state index in [2.05, 4.69) is 16.0 Å². The minimum Gasteiger partial charge on any atom is -0.389 e. The van der Waals surface area contributed by atoms with E-state index in [1.165, 1.54) is 6.92 Å². The molecule has 10 nitrogen and oxygen atoms in total. The van der Waals surface area contributed by atoms with E-state index in [0.29, 0.717) is 30.6 Å². The van der Waals surface area contributed by atoms with Gasteiger partial charge in [0.2, 0.25) is 17.7 Å². The molecular weight excluding hydrogens is 536 g/mol. The Kier molecular flexibility index (Phi) is 7.34. The highest BCUT2D eigenvalue weighted by Crippen LogP contribution is 2.51. The molecule has 2 saturated heterocycles. The Morgan fingerprint density at radius 1 is 1.02 bits per heavy atom. The second-order valence-electron chi connectivity index (χ2n) is 12.0. The fraction of sp³-hybridized carbons (Fsp3) is 0.469. The Morgan fingerprint density at radius 3 is 2.29 bits per heavy atom. The molecule has 4 aliphatic rings. The van der Waals surface area contributed by atoms with Crippen LogP contribution < -0.4 is 16.0 Å². The molecule has 42 heavy (non-hydrogen) atoms. The second kappa shape index (κ2) is 11.0. The molecule has 0 unspecified atom stereocenters. The van der Waals surface area contributed by atoms with Crippen LogP contribution >= 0.6 is 0 Å². The number of carbonyl (C=O) groups is 5. The van der Waals surface area contributed by atoms with Crippen LogP contribution in [0.4, 0.5) is 0 Å². The first-order chi connectivity index (χ1) is 20.3. The predicted octanol–water partition coefficient (Wildman–Crippen LogP) is 1.25. The van der Waals surface area contributed by atoms with Crippen molar-refractivity contribution in [1.82, 2.24) is 20.9 Å². The van der Waals surface area contributed by atoms with Crippen LogP contribution in [0.15, 0.2) is 48.5 Å². The quantitative estimate of drug-likeness (QED) is 0.375. The van der Waals surface area contributed by atoms with Gasteiger partial charge in [0.25, 0.3) is 5.91 Å². The molecule has 5 atom stereocenters. The van der Waals surface area contributed by atoms with Gasteiger partial charge in [-0.25, -0.2) is 0 Å². The molecule has 1 saturated carbocycles. The normalized spacial score (nSPS) is 25.7. The summed E-state index contributed by atoms with van der Waals surface area (Å²) in [4.78, 5) is 68.4. The van der Waals surface area contributed by atoms with E-state index in [1.54, 1.807) is 4.90 Å². The highest BCUT2D eigenvalue weighted by Gasteiger charge is 2.58. The van der Waals surface area contributed by atoms with Crippen molar-refractivity contribution in [2.24, 2.45) is 17.8 Å². The van der Waals surface area contributed by atoms with Crippen LogP contribution in [0, 0.1) is 17.8 Å². The average molecular weight is 573 g/mol. The van der Waals surface area contributed by atoms with Gasteiger partial charge < -0.3 is 26.0 Å². The van der Waals surface area contributed by atoms with Crippen molar-refractivity contribution in [1.29, 1.82) is 0 Å². The van der Waals surface area contributed by atoms with Gasteiger partial charge in [-0.2, -0.15) is 0 Å². The smallest absolute Gasteiger partial charge is 0.258 e. The van der Waals surface area contributed by atoms with Gasteiger partial charge >= 0.3 is 0 Å². The summed E-state index contributed by atoms with van der Waals surface area (Å²) in [5, 5.41) is 18.2. The Labute approximate surface area is 244 Å². The van der Waals surface area contributed by atoms with Crippen molar-refractivity contribution in [3.8, 4) is 11.1 Å². The highest BCUT2D eigenvalue weighted by atomic mass is 16.3. The van der Waals surface area contributed by atoms with Gasteiger partial charge in [-0.1, -0.05) is 55.0 Å². The third-order valence-electron chi connectivity index (χ3n) is 9.60. The van der Waals surface area contributed by atoms with Crippen molar-refractivity contribution in [3.05, 3.63) is 59.7 Å². The topological polar surface area (TPSA) is 145 Å². The number of benzene rings is 2. The summed E-state index contributed by atoms with van der Waals surface area (Å²) in [7, 11) is 0. The molecule has 0 bridgehead atoms. The first kappa shape index (κ1) is 28.1. The number of hydrogen-bond acceptors (Lipinski definition) is 6. The van der Waals surface area contributed by atoms with E-state index in [0.717, 1.165) is 30.4 Å². The lowest BCUT2D eigenvalue weighted by Gasteiger charge is -2.38. The molecule has 4 N–H and O–H groups in total. The number of aliphatic hydroxyl groups is 1. The van der Waals surface area contributed by atoms with E-state index in [-0.39, 0.29) is 36.0 Å². The van der Waals surface area contributed by atoms with E-state index in [9.17, 15) is 29.1 Å². The minimum absolute atomic E-state index is 0.0856. The van der Waals surface area contributed by atoms with Crippen molar-refractivity contribution in [2.75, 3.05) is 19.7 Å². The van der Waals surface area contributed by atoms with Gasteiger partial charge in [-0.3, -0.25) is 24.0 Å². The zero-order valence-corrected chi connectivity index (χ0v) is 23.6. The third-order valence-corrected chi connectivity index (χ3v) is 9.60. The SMILES string of the molecule is CC(=O)NC1(C(=O)N2C[C@@H]3CCC[C@@H]3[C@@H]2C(=O)N[C@@H](C[C@@H]2CCNC2=O)C(=O)CO)c2ccccc2-c2ccccc21. The summed E-state index contributed by atoms with van der Waals surface area (Å²) in [5.74, 6) is -2.42. The van der Waals surface area contributed by atoms with E-state index in [4.69, 9.17) is 0 Å². The number of nitrogens with zero attached hydrogens (tertiary/aromatic N) is 1. The van der Waals surface area contributed by atoms with E-state index in [1.807, 2.05) is 48.5 Å². The molecule has 2 aromatic carbocycles. The highest BCUT2D eigenvalue weighted by molar-refractivity contribution is 6.04. The number of hydrogen-bond donors (Lipinski definition) is 4. The van der Waals surface area contributed by atoms with Gasteiger partial charge in [0.15, 0.2) is 11.3 Å². The fourth-order valence-electron chi connectivity index (χ4n) is 7.78. The van der Waals surface area contributed by atoms with E-state index >= 15 is 0 Å². The predicted molar refractivity (Wildman–Crippen MR) is 153 cm³/mol. The molecule has 0 radical (unpaired) electrons. The molecule has 0 spiro atoms. The maximum atomic E-state index is 14.9. The first-order valence-electron chi connectivity index (χ1n) is 14.8. The number of rotatable bonds is 8. The second-order valence-corrected chi connectivity index (χ2v) is 12.0. The van der Waals surface area contributed by atoms with Crippen molar-refractivity contribution < 1.29 is 29.1 Å². The lowest BCUT2D eigenvalue weighted by Crippen LogP contribution is -2.61. The summed E-state index contributed by atoms with van der Waals surface area (Å²) < 4.78 is 0. The number of Topliss-reactive ketones (excluding diaryl/α,β-unsaturated/α-hetero) is 1. The van der Waals surface area contributed by atoms with Crippen molar-refractivity contribution >= 4 is 29.4 Å². The molecule has 2 aromatic rings. The Bertz CT molecular complexity index is 1410. The Balaban J connectivity index is 1.38. The summed E-state index contributed by atoms with van der Waals surface area (Å²) in [6, 6.07) is 13.1. The number of fused-ring (bicyclic) bond motifs is 4. The molecule has 2 aliphatic carbocycles. The first-order valence-corrected chi connectivity index (χ1v) is 14.8. The lowest BCUT2D eigenvalue weighted by molar-refractivity contribution is -0.146. The maximum Gasteiger partial charge on any atom is 0.258 e. The number of carbonyl (C=O) groups excluding carboxylic acids is 5. The van der Waals surface area contributed by atoms with Crippen molar-refractivity contribution in [3.63, 3.8) is 0 Å². The summed E-state index contributed by atoms with van der Waals surface area (Å²) in [6.07, 6.45) is 3.20. The molecule has 220 valence electrons. The summed E-state index contributed by atoms with van der Waals surface area (Å²) in [6.45, 7) is 1.47. The molecule has 6 rings (SSSR count). The van der Waals surface area contributed by atoms with Crippen molar-refractivity contribution in [2.45, 2.75) is 56.7 Å². The molecule has 2 heterocycles. The molecular formula is C32H36N4O6. The molecule has 4 amide bonds. The number of likely N-dealkylation sites (tertiary alicyclic amines) is 1.